The highest BCUT2D eigenvalue weighted by Crippen LogP contribution is 2.26. The van der Waals surface area contributed by atoms with Crippen LogP contribution < -0.4 is 10.2 Å². The van der Waals surface area contributed by atoms with Crippen molar-refractivity contribution >= 4 is 17.1 Å². The third kappa shape index (κ3) is 3.54. The van der Waals surface area contributed by atoms with Gasteiger partial charge in [-0.05, 0) is 6.07 Å². The van der Waals surface area contributed by atoms with Gasteiger partial charge in [0.2, 0.25) is 0 Å². The van der Waals surface area contributed by atoms with Crippen molar-refractivity contribution in [3.63, 3.8) is 0 Å². The fourth-order valence-corrected chi connectivity index (χ4v) is 1.38. The largest absolute Gasteiger partial charge is 0.388 e. The van der Waals surface area contributed by atoms with Crippen LogP contribution in [0.1, 0.15) is 0 Å². The Labute approximate surface area is 97.2 Å². The van der Waals surface area contributed by atoms with Crippen molar-refractivity contribution in [3.05, 3.63) is 28.3 Å². The average Bonchev–Trinajstić information content (AvgIpc) is 2.27. The molecule has 0 fully saturated rings. The van der Waals surface area contributed by atoms with Gasteiger partial charge in [-0.2, -0.15) is 0 Å². The van der Waals surface area contributed by atoms with Gasteiger partial charge < -0.3 is 10.2 Å². The SMILES string of the molecule is CNc1cc(N(C)CC(F)F)cc([N+](=O)[O-])c1. The number of alkyl halides is 2. The highest BCUT2D eigenvalue weighted by molar-refractivity contribution is 5.64. The molecule has 0 heterocycles. The number of nitrogens with one attached hydrogen (secondary N) is 1. The molecule has 1 rings (SSSR count). The molecule has 0 spiro atoms. The van der Waals surface area contributed by atoms with E-state index in [0.29, 0.717) is 11.4 Å². The Kier molecular flexibility index (Phi) is 4.19. The number of nitro benzene ring substituents is 1. The van der Waals surface area contributed by atoms with E-state index in [1.165, 1.54) is 24.1 Å². The predicted molar refractivity (Wildman–Crippen MR) is 61.9 cm³/mol. The fourth-order valence-electron chi connectivity index (χ4n) is 1.38. The maximum Gasteiger partial charge on any atom is 0.273 e. The molecule has 0 aliphatic heterocycles. The Morgan fingerprint density at radius 2 is 2.12 bits per heavy atom. The first kappa shape index (κ1) is 13.1. The smallest absolute Gasteiger partial charge is 0.273 e. The van der Waals surface area contributed by atoms with Crippen molar-refractivity contribution < 1.29 is 13.7 Å². The molecule has 1 aromatic rings. The van der Waals surface area contributed by atoms with Crippen LogP contribution >= 0.6 is 0 Å². The molecule has 0 unspecified atom stereocenters. The van der Waals surface area contributed by atoms with E-state index >= 15 is 0 Å². The van der Waals surface area contributed by atoms with Crippen molar-refractivity contribution in [1.29, 1.82) is 0 Å². The minimum atomic E-state index is -2.49. The van der Waals surface area contributed by atoms with E-state index in [1.807, 2.05) is 0 Å². The van der Waals surface area contributed by atoms with Gasteiger partial charge in [0.15, 0.2) is 0 Å². The summed E-state index contributed by atoms with van der Waals surface area (Å²) in [7, 11) is 3.07. The van der Waals surface area contributed by atoms with E-state index in [-0.39, 0.29) is 5.69 Å². The highest BCUT2D eigenvalue weighted by Gasteiger charge is 2.14. The Morgan fingerprint density at radius 3 is 2.59 bits per heavy atom. The average molecular weight is 245 g/mol. The molecule has 7 heteroatoms. The van der Waals surface area contributed by atoms with Crippen LogP contribution in [0, 0.1) is 10.1 Å². The lowest BCUT2D eigenvalue weighted by atomic mass is 10.2. The summed E-state index contributed by atoms with van der Waals surface area (Å²) in [5.74, 6) is 0. The van der Waals surface area contributed by atoms with Gasteiger partial charge in [-0.15, -0.1) is 0 Å². The van der Waals surface area contributed by atoms with Crippen LogP contribution in [-0.2, 0) is 0 Å². The Morgan fingerprint density at radius 1 is 1.47 bits per heavy atom. The van der Waals surface area contributed by atoms with E-state index < -0.39 is 17.9 Å². The number of nitrogens with zero attached hydrogens (tertiary/aromatic N) is 2. The van der Waals surface area contributed by atoms with Crippen molar-refractivity contribution in [2.75, 3.05) is 30.9 Å². The van der Waals surface area contributed by atoms with Crippen molar-refractivity contribution in [3.8, 4) is 0 Å². The van der Waals surface area contributed by atoms with Crippen LogP contribution in [0.15, 0.2) is 18.2 Å². The van der Waals surface area contributed by atoms with Crippen LogP contribution in [0.2, 0.25) is 0 Å². The summed E-state index contributed by atoms with van der Waals surface area (Å²) in [5.41, 5.74) is 0.757. The Bertz CT molecular complexity index is 413. The molecule has 0 aromatic heterocycles. The van der Waals surface area contributed by atoms with Gasteiger partial charge in [0.05, 0.1) is 11.5 Å². The van der Waals surface area contributed by atoms with E-state index in [0.717, 1.165) is 0 Å². The topological polar surface area (TPSA) is 58.4 Å². The number of non-ortho nitro benzene ring substituents is 1. The summed E-state index contributed by atoms with van der Waals surface area (Å²) in [6.07, 6.45) is -2.49. The lowest BCUT2D eigenvalue weighted by Crippen LogP contribution is -2.24. The predicted octanol–water partition coefficient (Wildman–Crippen LogP) is 2.34. The van der Waals surface area contributed by atoms with E-state index in [9.17, 15) is 18.9 Å². The third-order valence-electron chi connectivity index (χ3n) is 2.25. The molecule has 0 amide bonds. The third-order valence-corrected chi connectivity index (χ3v) is 2.25. The monoisotopic (exact) mass is 245 g/mol. The van der Waals surface area contributed by atoms with E-state index in [2.05, 4.69) is 5.32 Å². The number of halogens is 2. The maximum atomic E-state index is 12.2. The molecule has 1 N–H and O–H groups in total. The van der Waals surface area contributed by atoms with Crippen LogP contribution in [0.25, 0.3) is 0 Å². The number of anilines is 2. The highest BCUT2D eigenvalue weighted by atomic mass is 19.3. The van der Waals surface area contributed by atoms with Gasteiger partial charge in [0.1, 0.15) is 0 Å². The number of hydrogen-bond acceptors (Lipinski definition) is 4. The molecule has 0 bridgehead atoms. The number of benzene rings is 1. The Balaban J connectivity index is 3.06. The quantitative estimate of drug-likeness (QED) is 0.639. The van der Waals surface area contributed by atoms with Crippen molar-refractivity contribution in [1.82, 2.24) is 0 Å². The first-order valence-electron chi connectivity index (χ1n) is 4.90. The second-order valence-corrected chi connectivity index (χ2v) is 3.52. The normalized spacial score (nSPS) is 10.4. The summed E-state index contributed by atoms with van der Waals surface area (Å²) >= 11 is 0. The maximum absolute atomic E-state index is 12.2. The number of hydrogen-bond donors (Lipinski definition) is 1. The molecule has 0 atom stereocenters. The van der Waals surface area contributed by atoms with E-state index in [1.54, 1.807) is 13.1 Å². The van der Waals surface area contributed by atoms with Gasteiger partial charge in [-0.3, -0.25) is 10.1 Å². The second-order valence-electron chi connectivity index (χ2n) is 3.52. The fraction of sp³-hybridized carbons (Fsp3) is 0.400. The zero-order valence-electron chi connectivity index (χ0n) is 9.48. The van der Waals surface area contributed by atoms with Gasteiger partial charge in [-0.1, -0.05) is 0 Å². The lowest BCUT2D eigenvalue weighted by Gasteiger charge is -2.19. The molecule has 0 saturated carbocycles. The molecular formula is C10H13F2N3O2. The van der Waals surface area contributed by atoms with Gasteiger partial charge in [0.25, 0.3) is 12.1 Å². The first-order valence-corrected chi connectivity index (χ1v) is 4.90. The standard InChI is InChI=1S/C10H13F2N3O2/c1-13-7-3-8(14(2)6-10(11)12)5-9(4-7)15(16)17/h3-5,10,13H,6H2,1-2H3. The zero-order valence-corrected chi connectivity index (χ0v) is 9.48. The minimum absolute atomic E-state index is 0.132. The molecule has 0 saturated heterocycles. The molecule has 94 valence electrons. The molecular weight excluding hydrogens is 232 g/mol. The molecule has 17 heavy (non-hydrogen) atoms. The molecule has 5 nitrogen and oxygen atoms in total. The number of nitro groups is 1. The summed E-state index contributed by atoms with van der Waals surface area (Å²) in [6, 6.07) is 4.19. The van der Waals surface area contributed by atoms with Crippen LogP contribution in [0.3, 0.4) is 0 Å². The Hall–Kier alpha value is -1.92. The second kappa shape index (κ2) is 5.42. The molecule has 1 aromatic carbocycles. The van der Waals surface area contributed by atoms with E-state index in [4.69, 9.17) is 0 Å². The van der Waals surface area contributed by atoms with Crippen LogP contribution in [0.4, 0.5) is 25.8 Å². The first-order chi connectivity index (χ1) is 7.93. The zero-order chi connectivity index (χ0) is 13.0. The van der Waals surface area contributed by atoms with Gasteiger partial charge in [0, 0.05) is 37.6 Å². The van der Waals surface area contributed by atoms with Crippen LogP contribution in [-0.4, -0.2) is 32.0 Å². The molecule has 0 aliphatic carbocycles. The number of rotatable bonds is 5. The van der Waals surface area contributed by atoms with Crippen molar-refractivity contribution in [2.24, 2.45) is 0 Å². The summed E-state index contributed by atoms with van der Waals surface area (Å²) in [6.45, 7) is -0.468. The summed E-state index contributed by atoms with van der Waals surface area (Å²) in [4.78, 5) is 11.4. The summed E-state index contributed by atoms with van der Waals surface area (Å²) < 4.78 is 24.4. The van der Waals surface area contributed by atoms with Crippen molar-refractivity contribution in [2.45, 2.75) is 6.43 Å². The van der Waals surface area contributed by atoms with Crippen LogP contribution in [0.5, 0.6) is 0 Å². The lowest BCUT2D eigenvalue weighted by molar-refractivity contribution is -0.384. The van der Waals surface area contributed by atoms with Gasteiger partial charge >= 0.3 is 0 Å². The minimum Gasteiger partial charge on any atom is -0.388 e. The molecule has 0 radical (unpaired) electrons. The molecule has 0 aliphatic rings. The summed E-state index contributed by atoms with van der Waals surface area (Å²) in [5, 5.41) is 13.4. The van der Waals surface area contributed by atoms with Gasteiger partial charge in [-0.25, -0.2) is 8.78 Å².